The number of pyridine rings is 1. The van der Waals surface area contributed by atoms with Gasteiger partial charge in [0.25, 0.3) is 6.47 Å². The number of piperidine rings is 3. The number of carboxylic acid groups (broad SMARTS) is 1. The van der Waals surface area contributed by atoms with Gasteiger partial charge in [-0.25, -0.2) is 14.0 Å². The Morgan fingerprint density at radius 1 is 1.06 bits per heavy atom. The third-order valence-corrected chi connectivity index (χ3v) is 10.3. The Labute approximate surface area is 329 Å². The molecule has 3 aromatic carbocycles. The number of hydrogen-bond acceptors (Lipinski definition) is 9. The van der Waals surface area contributed by atoms with E-state index in [1.807, 2.05) is 0 Å². The van der Waals surface area contributed by atoms with Gasteiger partial charge in [-0.1, -0.05) is 57.3 Å². The lowest BCUT2D eigenvalue weighted by Crippen LogP contribution is -2.53. The first kappa shape index (κ1) is 40.6. The molecule has 3 fully saturated rings. The molecule has 3 aliphatic heterocycles. The molecule has 54 heavy (non-hydrogen) atoms. The minimum atomic E-state index is -0.941. The Hall–Kier alpha value is -4.63. The highest BCUT2D eigenvalue weighted by molar-refractivity contribution is 9.10. The van der Waals surface area contributed by atoms with Crippen LogP contribution < -0.4 is 19.1 Å². The van der Waals surface area contributed by atoms with Gasteiger partial charge in [0, 0.05) is 23.0 Å². The number of aromatic nitrogens is 1. The second-order valence-corrected chi connectivity index (χ2v) is 14.3. The number of amides is 1. The fraction of sp³-hybridized carbons (Fsp3) is 0.316. The Morgan fingerprint density at radius 2 is 1.72 bits per heavy atom. The second-order valence-electron chi connectivity index (χ2n) is 12.6. The fourth-order valence-electron chi connectivity index (χ4n) is 6.59. The molecule has 0 saturated carbocycles. The van der Waals surface area contributed by atoms with Crippen LogP contribution in [0.25, 0.3) is 0 Å². The van der Waals surface area contributed by atoms with Crippen LogP contribution in [-0.4, -0.2) is 68.5 Å². The Kier molecular flexibility index (Phi) is 14.0. The van der Waals surface area contributed by atoms with Crippen LogP contribution in [0.3, 0.4) is 0 Å². The number of para-hydroxylation sites is 1. The van der Waals surface area contributed by atoms with Crippen molar-refractivity contribution < 1.29 is 47.6 Å². The van der Waals surface area contributed by atoms with E-state index in [0.717, 1.165) is 25.9 Å². The van der Waals surface area contributed by atoms with Crippen molar-refractivity contribution in [3.63, 3.8) is 0 Å². The van der Waals surface area contributed by atoms with E-state index in [1.54, 1.807) is 48.5 Å². The van der Waals surface area contributed by atoms with Gasteiger partial charge in [-0.3, -0.25) is 14.6 Å². The van der Waals surface area contributed by atoms with E-state index in [-0.39, 0.29) is 52.8 Å². The van der Waals surface area contributed by atoms with Crippen LogP contribution in [-0.2, 0) is 27.2 Å². The summed E-state index contributed by atoms with van der Waals surface area (Å²) in [6.07, 6.45) is 2.34. The molecule has 3 aliphatic rings. The van der Waals surface area contributed by atoms with Crippen LogP contribution in [0.1, 0.15) is 46.0 Å². The predicted molar refractivity (Wildman–Crippen MR) is 202 cm³/mol. The smallest absolute Gasteiger partial charge is 0.415 e. The van der Waals surface area contributed by atoms with Crippen molar-refractivity contribution in [1.82, 2.24) is 4.90 Å². The zero-order chi connectivity index (χ0) is 38.9. The number of benzene rings is 3. The van der Waals surface area contributed by atoms with Crippen LogP contribution in [0, 0.1) is 16.9 Å². The molecule has 4 heterocycles. The molecule has 16 heteroatoms. The Balaban J connectivity index is 0.00000181. The molecule has 2 bridgehead atoms. The number of ether oxygens (including phenoxy) is 4. The van der Waals surface area contributed by atoms with Gasteiger partial charge in [-0.15, -0.1) is 0 Å². The molecular formula is C38H37BrCl2FN3O9. The van der Waals surface area contributed by atoms with Crippen molar-refractivity contribution in [3.8, 4) is 11.5 Å². The fourth-order valence-corrected chi connectivity index (χ4v) is 7.73. The summed E-state index contributed by atoms with van der Waals surface area (Å²) < 4.78 is 39.2. The highest BCUT2D eigenvalue weighted by Gasteiger charge is 2.38. The van der Waals surface area contributed by atoms with Crippen molar-refractivity contribution in [2.45, 2.75) is 38.0 Å². The van der Waals surface area contributed by atoms with E-state index in [9.17, 15) is 14.8 Å². The number of fused-ring (bicyclic) bond motifs is 3. The quantitative estimate of drug-likeness (QED) is 0.0694. The first-order valence-electron chi connectivity index (χ1n) is 16.8. The number of carbonyl (C=O) groups excluding carboxylic acids is 2. The minimum absolute atomic E-state index is 0.0209. The first-order chi connectivity index (χ1) is 25.9. The van der Waals surface area contributed by atoms with Gasteiger partial charge in [0.2, 0.25) is 0 Å². The summed E-state index contributed by atoms with van der Waals surface area (Å²) in [7, 11) is 2.99. The minimum Gasteiger partial charge on any atom is -0.619 e. The molecule has 2 atom stereocenters. The average Bonchev–Trinajstić information content (AvgIpc) is 3.15. The maximum Gasteiger partial charge on any atom is 0.415 e. The number of carbonyl (C=O) groups is 3. The number of anilines is 1. The molecule has 1 N–H and O–H groups in total. The number of esters is 1. The first-order valence-corrected chi connectivity index (χ1v) is 18.3. The molecule has 0 spiro atoms. The summed E-state index contributed by atoms with van der Waals surface area (Å²) in [5.41, 5.74) is 1.67. The van der Waals surface area contributed by atoms with Gasteiger partial charge in [-0.2, -0.15) is 4.73 Å². The molecule has 0 radical (unpaired) electrons. The summed E-state index contributed by atoms with van der Waals surface area (Å²) in [5, 5.41) is 19.0. The van der Waals surface area contributed by atoms with Gasteiger partial charge in [0.15, 0.2) is 23.9 Å². The number of rotatable bonds is 11. The van der Waals surface area contributed by atoms with Gasteiger partial charge < -0.3 is 29.3 Å². The third-order valence-electron chi connectivity index (χ3n) is 9.22. The van der Waals surface area contributed by atoms with Gasteiger partial charge >= 0.3 is 12.1 Å². The number of halogens is 4. The van der Waals surface area contributed by atoms with E-state index in [1.165, 1.54) is 43.6 Å². The average molecular weight is 850 g/mol. The zero-order valence-electron chi connectivity index (χ0n) is 29.3. The van der Waals surface area contributed by atoms with Crippen molar-refractivity contribution in [1.29, 1.82) is 0 Å². The highest BCUT2D eigenvalue weighted by atomic mass is 79.9. The molecule has 0 aliphatic carbocycles. The SMILES string of the molecule is COc1ccc(C(Cc2c(Cl)c[n+]([O-])cc2Cl)OC(=O)c2cc(Br)cc(CN(C(=O)O[C@H]3CN4CCC3CC4)c3ccccc3F)c2)cc1OC.O=CO. The lowest BCUT2D eigenvalue weighted by atomic mass is 9.86. The van der Waals surface area contributed by atoms with E-state index in [2.05, 4.69) is 20.8 Å². The summed E-state index contributed by atoms with van der Waals surface area (Å²) in [5.74, 6) is -0.156. The van der Waals surface area contributed by atoms with E-state index in [4.69, 9.17) is 52.1 Å². The van der Waals surface area contributed by atoms with Crippen molar-refractivity contribution >= 4 is 63.4 Å². The highest BCUT2D eigenvalue weighted by Crippen LogP contribution is 2.36. The van der Waals surface area contributed by atoms with Crippen LogP contribution in [0.4, 0.5) is 14.9 Å². The standard InChI is InChI=1S/C37H35BrCl2FN3O7.CH2O2/c1-48-32-8-7-24(16-34(32)49-2)33(17-27-28(39)19-43(47)20-29(27)40)50-36(45)25-13-22(14-26(38)15-25)18-44(31-6-4-3-5-30(31)41)37(46)51-35-21-42-11-9-23(35)10-12-42;2-1-3/h3-8,13-16,19-20,23,33,35H,9-12,17-18,21H2,1-2H3;1H,(H,2,3)/t33?,35-;/m0./s1. The maximum absolute atomic E-state index is 15.2. The van der Waals surface area contributed by atoms with Crippen molar-refractivity contribution in [3.05, 3.63) is 121 Å². The van der Waals surface area contributed by atoms with Crippen LogP contribution in [0.15, 0.2) is 77.5 Å². The van der Waals surface area contributed by atoms with Crippen molar-refractivity contribution in [2.75, 3.05) is 38.8 Å². The topological polar surface area (TPSA) is 142 Å². The van der Waals surface area contributed by atoms with Crippen LogP contribution in [0.5, 0.6) is 11.5 Å². The lowest BCUT2D eigenvalue weighted by molar-refractivity contribution is -0.605. The molecule has 12 nitrogen and oxygen atoms in total. The predicted octanol–water partition coefficient (Wildman–Crippen LogP) is 7.62. The van der Waals surface area contributed by atoms with Gasteiger partial charge in [0.05, 0.1) is 32.0 Å². The molecule has 1 unspecified atom stereocenters. The lowest BCUT2D eigenvalue weighted by Gasteiger charge is -2.44. The zero-order valence-corrected chi connectivity index (χ0v) is 32.4. The Bertz CT molecular complexity index is 1960. The Morgan fingerprint density at radius 3 is 2.33 bits per heavy atom. The summed E-state index contributed by atoms with van der Waals surface area (Å²) in [4.78, 5) is 39.5. The molecule has 1 aromatic heterocycles. The number of nitrogens with zero attached hydrogens (tertiary/aromatic N) is 3. The monoisotopic (exact) mass is 847 g/mol. The number of methoxy groups -OCH3 is 2. The maximum atomic E-state index is 15.2. The number of hydrogen-bond donors (Lipinski definition) is 1. The second kappa shape index (κ2) is 18.6. The molecule has 4 aromatic rings. The van der Waals surface area contributed by atoms with Crippen LogP contribution in [0.2, 0.25) is 10.0 Å². The van der Waals surface area contributed by atoms with E-state index in [0.29, 0.717) is 43.9 Å². The summed E-state index contributed by atoms with van der Waals surface area (Å²) in [6, 6.07) is 16.0. The largest absolute Gasteiger partial charge is 0.619 e. The van der Waals surface area contributed by atoms with E-state index >= 15 is 4.39 Å². The molecule has 7 rings (SSSR count). The normalized spacial score (nSPS) is 17.7. The van der Waals surface area contributed by atoms with Gasteiger partial charge in [-0.05, 0) is 85.4 Å². The van der Waals surface area contributed by atoms with Crippen molar-refractivity contribution in [2.24, 2.45) is 5.92 Å². The molecule has 3 saturated heterocycles. The molecule has 286 valence electrons. The summed E-state index contributed by atoms with van der Waals surface area (Å²) in [6.45, 7) is 2.26. The van der Waals surface area contributed by atoms with E-state index < -0.39 is 24.0 Å². The molecular weight excluding hydrogens is 812 g/mol. The summed E-state index contributed by atoms with van der Waals surface area (Å²) >= 11 is 16.3. The third kappa shape index (κ3) is 9.91. The van der Waals surface area contributed by atoms with Crippen LogP contribution >= 0.6 is 39.1 Å². The van der Waals surface area contributed by atoms with Gasteiger partial charge in [0.1, 0.15) is 28.1 Å². The molecule has 1 amide bonds.